The molecule has 1 aliphatic rings. The molecule has 2 aromatic carbocycles. The lowest BCUT2D eigenvalue weighted by Gasteiger charge is -2.13. The molecule has 0 aliphatic carbocycles. The highest BCUT2D eigenvalue weighted by Gasteiger charge is 2.16. The summed E-state index contributed by atoms with van der Waals surface area (Å²) in [6, 6.07) is 12.8. The van der Waals surface area contributed by atoms with Gasteiger partial charge >= 0.3 is 0 Å². The van der Waals surface area contributed by atoms with Crippen molar-refractivity contribution in [1.29, 1.82) is 0 Å². The summed E-state index contributed by atoms with van der Waals surface area (Å²) in [5.74, 6) is 1.10. The molecule has 21 heavy (non-hydrogen) atoms. The highest BCUT2D eigenvalue weighted by Crippen LogP contribution is 2.32. The highest BCUT2D eigenvalue weighted by molar-refractivity contribution is 6.04. The minimum Gasteiger partial charge on any atom is -0.454 e. The number of nitrogens with zero attached hydrogens (tertiary/aromatic N) is 1. The molecule has 108 valence electrons. The maximum atomic E-state index is 12.2. The van der Waals surface area contributed by atoms with E-state index in [0.29, 0.717) is 17.1 Å². The third kappa shape index (κ3) is 2.76. The third-order valence-electron chi connectivity index (χ3n) is 3.28. The maximum absolute atomic E-state index is 12.2. The van der Waals surface area contributed by atoms with E-state index in [1.165, 1.54) is 0 Å². The van der Waals surface area contributed by atoms with Crippen molar-refractivity contribution in [2.24, 2.45) is 0 Å². The molecule has 2 aromatic rings. The number of ether oxygens (including phenoxy) is 2. The third-order valence-corrected chi connectivity index (χ3v) is 3.28. The fraction of sp³-hybridized carbons (Fsp3) is 0.188. The highest BCUT2D eigenvalue weighted by atomic mass is 16.7. The molecule has 0 fully saturated rings. The van der Waals surface area contributed by atoms with Crippen LogP contribution in [0.5, 0.6) is 11.5 Å². The van der Waals surface area contributed by atoms with Crippen molar-refractivity contribution < 1.29 is 14.3 Å². The molecule has 0 spiro atoms. The number of benzene rings is 2. The van der Waals surface area contributed by atoms with Crippen LogP contribution < -0.4 is 19.7 Å². The van der Waals surface area contributed by atoms with Crippen LogP contribution >= 0.6 is 0 Å². The number of amides is 1. The van der Waals surface area contributed by atoms with Gasteiger partial charge in [-0.1, -0.05) is 0 Å². The zero-order valence-corrected chi connectivity index (χ0v) is 11.9. The molecule has 1 amide bonds. The second kappa shape index (κ2) is 5.36. The summed E-state index contributed by atoms with van der Waals surface area (Å²) in [5.41, 5.74) is 2.37. The molecule has 1 N–H and O–H groups in total. The minimum atomic E-state index is -0.175. The summed E-state index contributed by atoms with van der Waals surface area (Å²) in [6.45, 7) is 0.201. The molecule has 5 heteroatoms. The van der Waals surface area contributed by atoms with Crippen molar-refractivity contribution in [1.82, 2.24) is 0 Å². The van der Waals surface area contributed by atoms with Crippen molar-refractivity contribution in [3.8, 4) is 11.5 Å². The molecule has 0 atom stereocenters. The maximum Gasteiger partial charge on any atom is 0.255 e. The fourth-order valence-corrected chi connectivity index (χ4v) is 2.08. The summed E-state index contributed by atoms with van der Waals surface area (Å²) in [4.78, 5) is 14.2. The van der Waals surface area contributed by atoms with E-state index in [0.717, 1.165) is 11.4 Å². The lowest BCUT2D eigenvalue weighted by Crippen LogP contribution is -2.12. The predicted octanol–water partition coefficient (Wildman–Crippen LogP) is 2.73. The zero-order valence-electron chi connectivity index (χ0n) is 11.9. The van der Waals surface area contributed by atoms with Crippen molar-refractivity contribution in [2.45, 2.75) is 0 Å². The van der Waals surface area contributed by atoms with Crippen LogP contribution in [0, 0.1) is 0 Å². The van der Waals surface area contributed by atoms with E-state index in [9.17, 15) is 4.79 Å². The Bertz CT molecular complexity index is 666. The molecule has 0 unspecified atom stereocenters. The van der Waals surface area contributed by atoms with E-state index in [2.05, 4.69) is 5.32 Å². The summed E-state index contributed by atoms with van der Waals surface area (Å²) in [6.07, 6.45) is 0. The van der Waals surface area contributed by atoms with Crippen molar-refractivity contribution >= 4 is 17.3 Å². The molecule has 1 aliphatic heterocycles. The van der Waals surface area contributed by atoms with Crippen molar-refractivity contribution in [3.63, 3.8) is 0 Å². The molecular weight excluding hydrogens is 268 g/mol. The molecule has 0 bridgehead atoms. The topological polar surface area (TPSA) is 50.8 Å². The molecule has 1 heterocycles. The number of nitrogens with one attached hydrogen (secondary N) is 1. The lowest BCUT2D eigenvalue weighted by atomic mass is 10.2. The number of rotatable bonds is 3. The first-order valence-electron chi connectivity index (χ1n) is 6.62. The normalized spacial score (nSPS) is 12.1. The largest absolute Gasteiger partial charge is 0.454 e. The number of hydrogen-bond acceptors (Lipinski definition) is 4. The monoisotopic (exact) mass is 284 g/mol. The van der Waals surface area contributed by atoms with Gasteiger partial charge < -0.3 is 19.7 Å². The number of hydrogen-bond donors (Lipinski definition) is 1. The average Bonchev–Trinajstić information content (AvgIpc) is 2.95. The Morgan fingerprint density at radius 2 is 1.76 bits per heavy atom. The zero-order chi connectivity index (χ0) is 14.8. The van der Waals surface area contributed by atoms with Gasteiger partial charge in [0.1, 0.15) is 0 Å². The molecule has 0 aromatic heterocycles. The Morgan fingerprint density at radius 3 is 2.48 bits per heavy atom. The second-order valence-electron chi connectivity index (χ2n) is 4.96. The van der Waals surface area contributed by atoms with Gasteiger partial charge in [-0.2, -0.15) is 0 Å². The van der Waals surface area contributed by atoms with Crippen LogP contribution in [0.3, 0.4) is 0 Å². The Morgan fingerprint density at radius 1 is 1.05 bits per heavy atom. The van der Waals surface area contributed by atoms with Crippen LogP contribution in [-0.2, 0) is 0 Å². The van der Waals surface area contributed by atoms with E-state index in [4.69, 9.17) is 9.47 Å². The van der Waals surface area contributed by atoms with Crippen LogP contribution in [0.25, 0.3) is 0 Å². The smallest absolute Gasteiger partial charge is 0.255 e. The number of anilines is 2. The SMILES string of the molecule is CN(C)c1ccc(NC(=O)c2ccc3c(c2)OCO3)cc1. The molecular formula is C16H16N2O3. The molecule has 0 radical (unpaired) electrons. The summed E-state index contributed by atoms with van der Waals surface area (Å²) in [5, 5.41) is 2.86. The molecule has 0 saturated heterocycles. The molecule has 0 saturated carbocycles. The van der Waals surface area contributed by atoms with Gasteiger partial charge in [-0.05, 0) is 42.5 Å². The van der Waals surface area contributed by atoms with Crippen molar-refractivity contribution in [2.75, 3.05) is 31.1 Å². The van der Waals surface area contributed by atoms with E-state index in [1.807, 2.05) is 43.3 Å². The summed E-state index contributed by atoms with van der Waals surface area (Å²) >= 11 is 0. The predicted molar refractivity (Wildman–Crippen MR) is 81.3 cm³/mol. The van der Waals surface area contributed by atoms with Gasteiger partial charge in [-0.25, -0.2) is 0 Å². The lowest BCUT2D eigenvalue weighted by molar-refractivity contribution is 0.102. The van der Waals surface area contributed by atoms with Gasteiger partial charge in [0.2, 0.25) is 6.79 Å². The number of carbonyl (C=O) groups is 1. The first kappa shape index (κ1) is 13.3. The quantitative estimate of drug-likeness (QED) is 0.941. The average molecular weight is 284 g/mol. The van der Waals surface area contributed by atoms with Gasteiger partial charge in [0, 0.05) is 31.0 Å². The van der Waals surface area contributed by atoms with Gasteiger partial charge in [-0.3, -0.25) is 4.79 Å². The van der Waals surface area contributed by atoms with E-state index in [-0.39, 0.29) is 12.7 Å². The van der Waals surface area contributed by atoms with Gasteiger partial charge in [0.25, 0.3) is 5.91 Å². The minimum absolute atomic E-state index is 0.175. The van der Waals surface area contributed by atoms with Crippen LogP contribution in [0.2, 0.25) is 0 Å². The van der Waals surface area contributed by atoms with Crippen molar-refractivity contribution in [3.05, 3.63) is 48.0 Å². The van der Waals surface area contributed by atoms with E-state index < -0.39 is 0 Å². The number of carbonyl (C=O) groups excluding carboxylic acids is 1. The standard InChI is InChI=1S/C16H16N2O3/c1-18(2)13-6-4-12(5-7-13)17-16(19)11-3-8-14-15(9-11)21-10-20-14/h3-9H,10H2,1-2H3,(H,17,19). The number of fused-ring (bicyclic) bond motifs is 1. The Balaban J connectivity index is 1.74. The summed E-state index contributed by atoms with van der Waals surface area (Å²) < 4.78 is 10.5. The van der Waals surface area contributed by atoms with E-state index >= 15 is 0 Å². The van der Waals surface area contributed by atoms with E-state index in [1.54, 1.807) is 18.2 Å². The first-order valence-corrected chi connectivity index (χ1v) is 6.62. The Hall–Kier alpha value is -2.69. The fourth-order valence-electron chi connectivity index (χ4n) is 2.08. The van der Waals surface area contributed by atoms with Crippen LogP contribution in [-0.4, -0.2) is 26.8 Å². The van der Waals surface area contributed by atoms with Crippen LogP contribution in [0.1, 0.15) is 10.4 Å². The van der Waals surface area contributed by atoms with Gasteiger partial charge in [0.05, 0.1) is 0 Å². The van der Waals surface area contributed by atoms with Gasteiger partial charge in [0.15, 0.2) is 11.5 Å². The molecule has 5 nitrogen and oxygen atoms in total. The Labute approximate surface area is 123 Å². The second-order valence-corrected chi connectivity index (χ2v) is 4.96. The summed E-state index contributed by atoms with van der Waals surface area (Å²) in [7, 11) is 3.94. The Kier molecular flexibility index (Phi) is 3.39. The van der Waals surface area contributed by atoms with Crippen LogP contribution in [0.4, 0.5) is 11.4 Å². The van der Waals surface area contributed by atoms with Gasteiger partial charge in [-0.15, -0.1) is 0 Å². The van der Waals surface area contributed by atoms with Crippen LogP contribution in [0.15, 0.2) is 42.5 Å². The molecule has 3 rings (SSSR count). The first-order chi connectivity index (χ1) is 10.1.